The fraction of sp³-hybridized carbons (Fsp3) is 0.292. The van der Waals surface area contributed by atoms with Crippen LogP contribution in [0.5, 0.6) is 0 Å². The number of anilines is 2. The zero-order valence-electron chi connectivity index (χ0n) is 18.6. The first kappa shape index (κ1) is 22.2. The highest BCUT2D eigenvalue weighted by molar-refractivity contribution is 5.92. The molecule has 1 aliphatic heterocycles. The van der Waals surface area contributed by atoms with E-state index in [1.54, 1.807) is 18.3 Å². The van der Waals surface area contributed by atoms with Gasteiger partial charge in [-0.25, -0.2) is 9.97 Å². The summed E-state index contributed by atoms with van der Waals surface area (Å²) in [6.45, 7) is 5.05. The minimum absolute atomic E-state index is 0.0526. The molecule has 2 N–H and O–H groups in total. The maximum absolute atomic E-state index is 12.7. The Hall–Kier alpha value is -4.01. The second-order valence-corrected chi connectivity index (χ2v) is 7.70. The van der Waals surface area contributed by atoms with E-state index in [9.17, 15) is 9.59 Å². The lowest BCUT2D eigenvalue weighted by Gasteiger charge is -2.35. The highest BCUT2D eigenvalue weighted by Gasteiger charge is 2.24. The van der Waals surface area contributed by atoms with Crippen LogP contribution in [0.2, 0.25) is 0 Å². The normalized spacial score (nSPS) is 13.5. The first-order valence-corrected chi connectivity index (χ1v) is 11.0. The van der Waals surface area contributed by atoms with Crippen molar-refractivity contribution in [3.63, 3.8) is 0 Å². The number of hydrogen-bond acceptors (Lipinski definition) is 7. The molecule has 0 saturated carbocycles. The van der Waals surface area contributed by atoms with E-state index >= 15 is 0 Å². The Morgan fingerprint density at radius 2 is 1.70 bits per heavy atom. The van der Waals surface area contributed by atoms with Crippen molar-refractivity contribution in [3.05, 3.63) is 66.5 Å². The van der Waals surface area contributed by atoms with Crippen LogP contribution in [-0.2, 0) is 4.79 Å². The summed E-state index contributed by atoms with van der Waals surface area (Å²) in [5.74, 6) is 2.00. The van der Waals surface area contributed by atoms with Crippen molar-refractivity contribution in [1.82, 2.24) is 25.2 Å². The Kier molecular flexibility index (Phi) is 7.09. The largest absolute Gasteiger partial charge is 0.368 e. The second-order valence-electron chi connectivity index (χ2n) is 7.70. The van der Waals surface area contributed by atoms with E-state index in [2.05, 4.69) is 25.5 Å². The average Bonchev–Trinajstić information content (AvgIpc) is 2.87. The number of carbonyl (C=O) groups excluding carboxylic acids is 2. The Morgan fingerprint density at radius 1 is 0.939 bits per heavy atom. The van der Waals surface area contributed by atoms with Gasteiger partial charge in [-0.1, -0.05) is 36.4 Å². The highest BCUT2D eigenvalue weighted by Crippen LogP contribution is 2.23. The number of nitrogens with zero attached hydrogens (tertiary/aromatic N) is 5. The number of pyridine rings is 1. The van der Waals surface area contributed by atoms with Crippen LogP contribution >= 0.6 is 0 Å². The van der Waals surface area contributed by atoms with Gasteiger partial charge in [-0.2, -0.15) is 0 Å². The summed E-state index contributed by atoms with van der Waals surface area (Å²) in [6, 6.07) is 17.1. The SMILES string of the molecule is CC(=O)NCCNc1cc(N2CCN(C(=O)c3ccccn3)CC2)nc(-c2ccccc2)n1. The van der Waals surface area contributed by atoms with Crippen LogP contribution in [0.3, 0.4) is 0 Å². The van der Waals surface area contributed by atoms with Crippen LogP contribution < -0.4 is 15.5 Å². The topological polar surface area (TPSA) is 103 Å². The van der Waals surface area contributed by atoms with Crippen molar-refractivity contribution in [2.75, 3.05) is 49.5 Å². The van der Waals surface area contributed by atoms with Crippen molar-refractivity contribution < 1.29 is 9.59 Å². The lowest BCUT2D eigenvalue weighted by atomic mass is 10.2. The molecule has 2 amide bonds. The highest BCUT2D eigenvalue weighted by atomic mass is 16.2. The number of hydrogen-bond donors (Lipinski definition) is 2. The maximum atomic E-state index is 12.7. The van der Waals surface area contributed by atoms with Gasteiger partial charge in [-0.3, -0.25) is 14.6 Å². The molecule has 170 valence electrons. The average molecular weight is 446 g/mol. The van der Waals surface area contributed by atoms with Gasteiger partial charge in [0, 0.05) is 64.0 Å². The number of benzene rings is 1. The second kappa shape index (κ2) is 10.5. The predicted octanol–water partition coefficient (Wildman–Crippen LogP) is 2.05. The Morgan fingerprint density at radius 3 is 2.39 bits per heavy atom. The minimum atomic E-state index is -0.0664. The molecule has 4 rings (SSSR count). The summed E-state index contributed by atoms with van der Waals surface area (Å²) < 4.78 is 0. The summed E-state index contributed by atoms with van der Waals surface area (Å²) in [4.78, 5) is 41.5. The van der Waals surface area contributed by atoms with Crippen LogP contribution in [-0.4, -0.2) is 70.9 Å². The van der Waals surface area contributed by atoms with E-state index in [0.717, 1.165) is 11.4 Å². The molecule has 0 bridgehead atoms. The van der Waals surface area contributed by atoms with Crippen molar-refractivity contribution in [2.45, 2.75) is 6.92 Å². The van der Waals surface area contributed by atoms with Crippen molar-refractivity contribution in [2.24, 2.45) is 0 Å². The van der Waals surface area contributed by atoms with E-state index in [4.69, 9.17) is 4.98 Å². The minimum Gasteiger partial charge on any atom is -0.368 e. The number of nitrogens with one attached hydrogen (secondary N) is 2. The summed E-state index contributed by atoms with van der Waals surface area (Å²) >= 11 is 0. The van der Waals surface area contributed by atoms with Gasteiger partial charge in [0.25, 0.3) is 5.91 Å². The first-order valence-electron chi connectivity index (χ1n) is 11.0. The predicted molar refractivity (Wildman–Crippen MR) is 127 cm³/mol. The number of aromatic nitrogens is 3. The van der Waals surface area contributed by atoms with Gasteiger partial charge < -0.3 is 20.4 Å². The van der Waals surface area contributed by atoms with E-state index < -0.39 is 0 Å². The molecule has 3 heterocycles. The lowest BCUT2D eigenvalue weighted by Crippen LogP contribution is -2.49. The third kappa shape index (κ3) is 5.82. The van der Waals surface area contributed by atoms with Crippen molar-refractivity contribution in [1.29, 1.82) is 0 Å². The molecule has 1 saturated heterocycles. The van der Waals surface area contributed by atoms with Crippen LogP contribution in [0.1, 0.15) is 17.4 Å². The molecule has 9 heteroatoms. The Balaban J connectivity index is 1.48. The lowest BCUT2D eigenvalue weighted by molar-refractivity contribution is -0.118. The molecule has 2 aromatic heterocycles. The quantitative estimate of drug-likeness (QED) is 0.537. The van der Waals surface area contributed by atoms with Gasteiger partial charge >= 0.3 is 0 Å². The smallest absolute Gasteiger partial charge is 0.272 e. The summed E-state index contributed by atoms with van der Waals surface area (Å²) in [6.07, 6.45) is 1.63. The van der Waals surface area contributed by atoms with Gasteiger partial charge in [-0.15, -0.1) is 0 Å². The summed E-state index contributed by atoms with van der Waals surface area (Å²) in [7, 11) is 0. The molecule has 1 aromatic carbocycles. The molecule has 0 atom stereocenters. The molecule has 0 radical (unpaired) electrons. The number of amides is 2. The molecule has 0 spiro atoms. The van der Waals surface area contributed by atoms with Crippen LogP contribution in [0.4, 0.5) is 11.6 Å². The molecule has 3 aromatic rings. The molecule has 0 unspecified atom stereocenters. The van der Waals surface area contributed by atoms with Crippen molar-refractivity contribution in [3.8, 4) is 11.4 Å². The molecule has 1 aliphatic rings. The molecular weight excluding hydrogens is 418 g/mol. The number of piperazine rings is 1. The summed E-state index contributed by atoms with van der Waals surface area (Å²) in [5, 5.41) is 6.04. The zero-order valence-corrected chi connectivity index (χ0v) is 18.6. The fourth-order valence-corrected chi connectivity index (χ4v) is 3.62. The third-order valence-electron chi connectivity index (χ3n) is 5.32. The van der Waals surface area contributed by atoms with Gasteiger partial charge in [-0.05, 0) is 12.1 Å². The molecule has 33 heavy (non-hydrogen) atoms. The maximum Gasteiger partial charge on any atom is 0.272 e. The first-order chi connectivity index (χ1) is 16.1. The number of carbonyl (C=O) groups is 2. The van der Waals surface area contributed by atoms with Gasteiger partial charge in [0.05, 0.1) is 0 Å². The van der Waals surface area contributed by atoms with Crippen LogP contribution in [0.25, 0.3) is 11.4 Å². The monoisotopic (exact) mass is 445 g/mol. The standard InChI is InChI=1S/C24H27N7O2/c1-18(32)25-11-12-27-21-17-22(29-23(28-21)19-7-3-2-4-8-19)30-13-15-31(16-14-30)24(33)20-9-5-6-10-26-20/h2-10,17H,11-16H2,1H3,(H,25,32)(H,27,28,29). The molecule has 1 fully saturated rings. The Labute approximate surface area is 192 Å². The van der Waals surface area contributed by atoms with Gasteiger partial charge in [0.2, 0.25) is 5.91 Å². The van der Waals surface area contributed by atoms with Crippen molar-refractivity contribution >= 4 is 23.5 Å². The van der Waals surface area contributed by atoms with E-state index in [0.29, 0.717) is 56.6 Å². The number of rotatable bonds is 7. The summed E-state index contributed by atoms with van der Waals surface area (Å²) in [5.41, 5.74) is 1.39. The zero-order chi connectivity index (χ0) is 23.0. The van der Waals surface area contributed by atoms with Gasteiger partial charge in [0.1, 0.15) is 17.3 Å². The van der Waals surface area contributed by atoms with Crippen LogP contribution in [0, 0.1) is 0 Å². The molecular formula is C24H27N7O2. The van der Waals surface area contributed by atoms with Gasteiger partial charge in [0.15, 0.2) is 5.82 Å². The van der Waals surface area contributed by atoms with E-state index in [1.807, 2.05) is 47.4 Å². The van der Waals surface area contributed by atoms with E-state index in [1.165, 1.54) is 6.92 Å². The third-order valence-corrected chi connectivity index (χ3v) is 5.32. The van der Waals surface area contributed by atoms with E-state index in [-0.39, 0.29) is 11.8 Å². The fourth-order valence-electron chi connectivity index (χ4n) is 3.62. The molecule has 0 aliphatic carbocycles. The van der Waals surface area contributed by atoms with Crippen LogP contribution in [0.15, 0.2) is 60.8 Å². The molecule has 9 nitrogen and oxygen atoms in total. The Bertz CT molecular complexity index is 1080.